The molecule has 1 aromatic carbocycles. The molecular formula is C13H10Br2FN3O. The first-order valence-electron chi connectivity index (χ1n) is 5.62. The van der Waals surface area contributed by atoms with Gasteiger partial charge in [0.05, 0.1) is 11.3 Å². The molecule has 0 saturated carbocycles. The van der Waals surface area contributed by atoms with Gasteiger partial charge in [0, 0.05) is 22.2 Å². The van der Waals surface area contributed by atoms with Gasteiger partial charge in [-0.3, -0.25) is 4.79 Å². The third-order valence-electron chi connectivity index (χ3n) is 2.57. The zero-order chi connectivity index (χ0) is 14.7. The van der Waals surface area contributed by atoms with Crippen LogP contribution in [-0.4, -0.2) is 17.9 Å². The van der Waals surface area contributed by atoms with E-state index in [1.54, 1.807) is 12.1 Å². The van der Waals surface area contributed by atoms with E-state index in [4.69, 9.17) is 0 Å². The summed E-state index contributed by atoms with van der Waals surface area (Å²) in [5, 5.41) is 5.25. The van der Waals surface area contributed by atoms with E-state index in [1.807, 2.05) is 6.07 Å². The van der Waals surface area contributed by atoms with Crippen molar-refractivity contribution in [3.05, 3.63) is 50.8 Å². The molecule has 0 unspecified atom stereocenters. The van der Waals surface area contributed by atoms with Crippen LogP contribution in [0.2, 0.25) is 0 Å². The van der Waals surface area contributed by atoms with Crippen molar-refractivity contribution in [2.45, 2.75) is 0 Å². The third-order valence-corrected chi connectivity index (χ3v) is 3.89. The second-order valence-electron chi connectivity index (χ2n) is 3.82. The molecule has 2 aromatic rings. The molecular weight excluding hydrogens is 393 g/mol. The summed E-state index contributed by atoms with van der Waals surface area (Å²) in [6.07, 6.45) is 1.37. The number of anilines is 2. The first-order valence-corrected chi connectivity index (χ1v) is 7.20. The molecule has 104 valence electrons. The molecule has 0 aliphatic carbocycles. The van der Waals surface area contributed by atoms with E-state index in [9.17, 15) is 9.18 Å². The van der Waals surface area contributed by atoms with Gasteiger partial charge in [0.15, 0.2) is 11.6 Å². The van der Waals surface area contributed by atoms with Crippen LogP contribution in [-0.2, 0) is 0 Å². The van der Waals surface area contributed by atoms with E-state index in [-0.39, 0.29) is 11.4 Å². The Balaban J connectivity index is 2.34. The first-order chi connectivity index (χ1) is 9.54. The molecule has 7 heteroatoms. The van der Waals surface area contributed by atoms with Gasteiger partial charge in [-0.25, -0.2) is 9.37 Å². The fourth-order valence-electron chi connectivity index (χ4n) is 1.59. The number of aromatic nitrogens is 1. The second-order valence-corrected chi connectivity index (χ2v) is 5.53. The Morgan fingerprint density at radius 2 is 1.90 bits per heavy atom. The number of nitrogens with zero attached hydrogens (tertiary/aromatic N) is 1. The fraction of sp³-hybridized carbons (Fsp3) is 0.0769. The Labute approximate surface area is 132 Å². The number of halogens is 3. The van der Waals surface area contributed by atoms with Crippen LogP contribution in [0, 0.1) is 5.82 Å². The largest absolute Gasteiger partial charge is 0.371 e. The van der Waals surface area contributed by atoms with Crippen LogP contribution in [0.5, 0.6) is 0 Å². The Bertz CT molecular complexity index is 644. The lowest BCUT2D eigenvalue weighted by atomic mass is 10.2. The minimum atomic E-state index is -0.685. The van der Waals surface area contributed by atoms with Gasteiger partial charge in [-0.15, -0.1) is 0 Å². The normalized spacial score (nSPS) is 10.2. The minimum Gasteiger partial charge on any atom is -0.371 e. The van der Waals surface area contributed by atoms with Gasteiger partial charge < -0.3 is 10.6 Å². The van der Waals surface area contributed by atoms with Crippen molar-refractivity contribution in [2.75, 3.05) is 17.7 Å². The molecule has 0 saturated heterocycles. The van der Waals surface area contributed by atoms with Crippen LogP contribution in [0.4, 0.5) is 15.9 Å². The Kier molecular flexibility index (Phi) is 4.72. The minimum absolute atomic E-state index is 0.0313. The van der Waals surface area contributed by atoms with Crippen LogP contribution in [0.3, 0.4) is 0 Å². The van der Waals surface area contributed by atoms with Gasteiger partial charge in [-0.2, -0.15) is 0 Å². The smallest absolute Gasteiger partial charge is 0.258 e. The van der Waals surface area contributed by atoms with Crippen molar-refractivity contribution in [2.24, 2.45) is 0 Å². The van der Waals surface area contributed by atoms with Gasteiger partial charge in [0.1, 0.15) is 0 Å². The predicted molar refractivity (Wildman–Crippen MR) is 83.5 cm³/mol. The zero-order valence-corrected chi connectivity index (χ0v) is 13.5. The van der Waals surface area contributed by atoms with E-state index in [0.29, 0.717) is 14.6 Å². The highest BCUT2D eigenvalue weighted by atomic mass is 79.9. The quantitative estimate of drug-likeness (QED) is 0.814. The molecule has 1 heterocycles. The summed E-state index contributed by atoms with van der Waals surface area (Å²) < 4.78 is 15.4. The fourth-order valence-corrected chi connectivity index (χ4v) is 2.79. The monoisotopic (exact) mass is 401 g/mol. The summed E-state index contributed by atoms with van der Waals surface area (Å²) >= 11 is 6.66. The summed E-state index contributed by atoms with van der Waals surface area (Å²) in [5.74, 6) is -1.20. The van der Waals surface area contributed by atoms with E-state index < -0.39 is 11.7 Å². The molecule has 1 aromatic heterocycles. The van der Waals surface area contributed by atoms with E-state index in [0.717, 1.165) is 0 Å². The lowest BCUT2D eigenvalue weighted by Crippen LogP contribution is -2.15. The summed E-state index contributed by atoms with van der Waals surface area (Å²) in [5.41, 5.74) is 0.465. The molecule has 0 radical (unpaired) electrons. The van der Waals surface area contributed by atoms with Crippen molar-refractivity contribution < 1.29 is 9.18 Å². The maximum atomic E-state index is 14.0. The van der Waals surface area contributed by atoms with Crippen molar-refractivity contribution in [1.82, 2.24) is 4.98 Å². The molecule has 0 fully saturated rings. The Hall–Kier alpha value is -1.47. The topological polar surface area (TPSA) is 54.0 Å². The van der Waals surface area contributed by atoms with Crippen LogP contribution >= 0.6 is 31.9 Å². The Morgan fingerprint density at radius 3 is 2.50 bits per heavy atom. The molecule has 0 atom stereocenters. The highest BCUT2D eigenvalue weighted by Crippen LogP contribution is 2.31. The highest BCUT2D eigenvalue weighted by Gasteiger charge is 2.17. The molecule has 0 spiro atoms. The molecule has 2 N–H and O–H groups in total. The van der Waals surface area contributed by atoms with Crippen LogP contribution < -0.4 is 10.6 Å². The molecule has 2 rings (SSSR count). The van der Waals surface area contributed by atoms with E-state index >= 15 is 0 Å². The molecule has 0 bridgehead atoms. The van der Waals surface area contributed by atoms with Crippen molar-refractivity contribution in [3.8, 4) is 0 Å². The molecule has 0 aliphatic heterocycles. The molecule has 20 heavy (non-hydrogen) atoms. The highest BCUT2D eigenvalue weighted by molar-refractivity contribution is 9.11. The lowest BCUT2D eigenvalue weighted by Gasteiger charge is -2.11. The Morgan fingerprint density at radius 1 is 1.25 bits per heavy atom. The van der Waals surface area contributed by atoms with Gasteiger partial charge in [0.2, 0.25) is 0 Å². The predicted octanol–water partition coefficient (Wildman–Crippen LogP) is 4.04. The van der Waals surface area contributed by atoms with Crippen molar-refractivity contribution >= 4 is 49.3 Å². The number of benzene rings is 1. The summed E-state index contributed by atoms with van der Waals surface area (Å²) in [6.45, 7) is 0. The van der Waals surface area contributed by atoms with Crippen molar-refractivity contribution in [1.29, 1.82) is 0 Å². The van der Waals surface area contributed by atoms with Gasteiger partial charge in [-0.05, 0) is 50.1 Å². The number of amides is 1. The van der Waals surface area contributed by atoms with E-state index in [2.05, 4.69) is 47.5 Å². The summed E-state index contributed by atoms with van der Waals surface area (Å²) in [6, 6.07) is 6.71. The van der Waals surface area contributed by atoms with E-state index in [1.165, 1.54) is 19.3 Å². The number of rotatable bonds is 3. The maximum absolute atomic E-state index is 14.0. The number of carbonyl (C=O) groups is 1. The standard InChI is InChI=1S/C13H10Br2FN3O/c1-17-12-10(16)7(5-6-18-12)13(20)19-11-8(14)3-2-4-9(11)15/h2-6H,1H3,(H,17,18)(H,19,20). The number of hydrogen-bond acceptors (Lipinski definition) is 3. The first kappa shape index (κ1) is 14.9. The number of pyridine rings is 1. The van der Waals surface area contributed by atoms with Gasteiger partial charge in [-0.1, -0.05) is 6.07 Å². The number of para-hydroxylation sites is 1. The number of nitrogens with one attached hydrogen (secondary N) is 2. The molecule has 1 amide bonds. The molecule has 0 aliphatic rings. The average Bonchev–Trinajstić information content (AvgIpc) is 2.43. The lowest BCUT2D eigenvalue weighted by molar-refractivity contribution is 0.102. The SMILES string of the molecule is CNc1nccc(C(=O)Nc2c(Br)cccc2Br)c1F. The van der Waals surface area contributed by atoms with Crippen LogP contribution in [0.15, 0.2) is 39.4 Å². The van der Waals surface area contributed by atoms with Gasteiger partial charge >= 0.3 is 0 Å². The summed E-state index contributed by atoms with van der Waals surface area (Å²) in [7, 11) is 1.54. The maximum Gasteiger partial charge on any atom is 0.258 e. The molecule has 4 nitrogen and oxygen atoms in total. The van der Waals surface area contributed by atoms with Crippen LogP contribution in [0.1, 0.15) is 10.4 Å². The number of carbonyl (C=O) groups excluding carboxylic acids is 1. The van der Waals surface area contributed by atoms with Crippen LogP contribution in [0.25, 0.3) is 0 Å². The number of hydrogen-bond donors (Lipinski definition) is 2. The average molecular weight is 403 g/mol. The second kappa shape index (κ2) is 6.32. The summed E-state index contributed by atoms with van der Waals surface area (Å²) in [4.78, 5) is 16.0. The third kappa shape index (κ3) is 2.99. The van der Waals surface area contributed by atoms with Gasteiger partial charge in [0.25, 0.3) is 5.91 Å². The zero-order valence-electron chi connectivity index (χ0n) is 10.4. The van der Waals surface area contributed by atoms with Crippen molar-refractivity contribution in [3.63, 3.8) is 0 Å².